The van der Waals surface area contributed by atoms with Crippen molar-refractivity contribution in [3.63, 3.8) is 0 Å². The minimum Gasteiger partial charge on any atom is -0.312 e. The second-order valence-corrected chi connectivity index (χ2v) is 7.11. The van der Waals surface area contributed by atoms with E-state index in [1.165, 1.54) is 5.56 Å². The van der Waals surface area contributed by atoms with Crippen LogP contribution in [0, 0.1) is 27.7 Å². The molecule has 1 amide bonds. The molecule has 0 spiro atoms. The van der Waals surface area contributed by atoms with Crippen molar-refractivity contribution in [3.05, 3.63) is 64.2 Å². The molecule has 0 fully saturated rings. The molecule has 0 radical (unpaired) electrons. The van der Waals surface area contributed by atoms with Gasteiger partial charge >= 0.3 is 0 Å². The highest BCUT2D eigenvalue weighted by Gasteiger charge is 2.26. The van der Waals surface area contributed by atoms with Gasteiger partial charge in [0.1, 0.15) is 0 Å². The van der Waals surface area contributed by atoms with E-state index in [0.29, 0.717) is 12.4 Å². The molecule has 0 unspecified atom stereocenters. The summed E-state index contributed by atoms with van der Waals surface area (Å²) in [4.78, 5) is 23.9. The molecule has 1 aliphatic heterocycles. The average molecular weight is 361 g/mol. The maximum atomic E-state index is 13.0. The van der Waals surface area contributed by atoms with Crippen molar-refractivity contribution >= 4 is 11.6 Å². The molecule has 1 aliphatic rings. The molecule has 138 valence electrons. The lowest BCUT2D eigenvalue weighted by Crippen LogP contribution is -2.30. The van der Waals surface area contributed by atoms with E-state index in [4.69, 9.17) is 0 Å². The molecule has 0 saturated carbocycles. The number of aryl methyl sites for hydroxylation is 3. The van der Waals surface area contributed by atoms with Gasteiger partial charge in [-0.05, 0) is 51.8 Å². The number of anilines is 1. The predicted octanol–water partition coefficient (Wildman–Crippen LogP) is 3.03. The molecule has 0 N–H and O–H groups in total. The average Bonchev–Trinajstić information content (AvgIpc) is 3.17. The zero-order valence-corrected chi connectivity index (χ0v) is 16.2. The Hall–Kier alpha value is -3.02. The van der Waals surface area contributed by atoms with E-state index in [1.54, 1.807) is 4.68 Å². The van der Waals surface area contributed by atoms with Crippen LogP contribution in [0.3, 0.4) is 0 Å². The first-order valence-electron chi connectivity index (χ1n) is 9.20. The number of amides is 1. The summed E-state index contributed by atoms with van der Waals surface area (Å²) in [5.41, 5.74) is 6.77. The Morgan fingerprint density at radius 3 is 2.52 bits per heavy atom. The number of nitrogens with zero attached hydrogens (tertiary/aromatic N) is 5. The standard InChI is InChI=1S/C21H23N5O/c1-13-11-14(2)23-21(22-13)26-16(4)18(15(3)24-26)12-20(27)25-10-9-17-7-5-6-8-19(17)25/h5-8,11H,9-10,12H2,1-4H3. The van der Waals surface area contributed by atoms with Gasteiger partial charge in [-0.15, -0.1) is 0 Å². The Morgan fingerprint density at radius 2 is 1.78 bits per heavy atom. The normalized spacial score (nSPS) is 13.1. The lowest BCUT2D eigenvalue weighted by Gasteiger charge is -2.17. The third-order valence-corrected chi connectivity index (χ3v) is 5.12. The van der Waals surface area contributed by atoms with Gasteiger partial charge in [0.2, 0.25) is 5.91 Å². The van der Waals surface area contributed by atoms with Crippen LogP contribution < -0.4 is 4.90 Å². The molecule has 3 aromatic rings. The Kier molecular flexibility index (Phi) is 4.26. The van der Waals surface area contributed by atoms with E-state index in [9.17, 15) is 4.79 Å². The summed E-state index contributed by atoms with van der Waals surface area (Å²) < 4.78 is 1.75. The number of carbonyl (C=O) groups excluding carboxylic acids is 1. The van der Waals surface area contributed by atoms with E-state index in [0.717, 1.165) is 47.0 Å². The van der Waals surface area contributed by atoms with Crippen molar-refractivity contribution in [2.45, 2.75) is 40.5 Å². The van der Waals surface area contributed by atoms with Crippen LogP contribution >= 0.6 is 0 Å². The molecule has 0 saturated heterocycles. The first kappa shape index (κ1) is 17.4. The SMILES string of the molecule is Cc1cc(C)nc(-n2nc(C)c(CC(=O)N3CCc4ccccc43)c2C)n1. The Bertz CT molecular complexity index is 1020. The Balaban J connectivity index is 1.64. The van der Waals surface area contributed by atoms with Gasteiger partial charge < -0.3 is 4.90 Å². The van der Waals surface area contributed by atoms with Crippen molar-refractivity contribution in [2.75, 3.05) is 11.4 Å². The van der Waals surface area contributed by atoms with Crippen molar-refractivity contribution < 1.29 is 4.79 Å². The first-order valence-corrected chi connectivity index (χ1v) is 9.20. The second kappa shape index (κ2) is 6.61. The summed E-state index contributed by atoms with van der Waals surface area (Å²) in [7, 11) is 0. The van der Waals surface area contributed by atoms with E-state index in [2.05, 4.69) is 21.1 Å². The minimum atomic E-state index is 0.104. The van der Waals surface area contributed by atoms with Crippen LogP contribution in [0.1, 0.15) is 33.9 Å². The maximum absolute atomic E-state index is 13.0. The summed E-state index contributed by atoms with van der Waals surface area (Å²) in [6, 6.07) is 10.1. The topological polar surface area (TPSA) is 63.9 Å². The second-order valence-electron chi connectivity index (χ2n) is 7.11. The van der Waals surface area contributed by atoms with Crippen molar-refractivity contribution in [1.82, 2.24) is 19.7 Å². The third kappa shape index (κ3) is 3.12. The lowest BCUT2D eigenvalue weighted by atomic mass is 10.1. The zero-order chi connectivity index (χ0) is 19.1. The van der Waals surface area contributed by atoms with Crippen LogP contribution in [0.4, 0.5) is 5.69 Å². The Morgan fingerprint density at radius 1 is 1.07 bits per heavy atom. The molecular formula is C21H23N5O. The van der Waals surface area contributed by atoms with Gasteiger partial charge in [0.25, 0.3) is 5.95 Å². The number of hydrogen-bond donors (Lipinski definition) is 0. The van der Waals surface area contributed by atoms with Gasteiger partial charge in [-0.25, -0.2) is 14.6 Å². The summed E-state index contributed by atoms with van der Waals surface area (Å²) >= 11 is 0. The maximum Gasteiger partial charge on any atom is 0.251 e. The van der Waals surface area contributed by atoms with E-state index >= 15 is 0 Å². The molecule has 3 heterocycles. The van der Waals surface area contributed by atoms with Crippen LogP contribution in [-0.4, -0.2) is 32.2 Å². The van der Waals surface area contributed by atoms with Crippen LogP contribution in [0.25, 0.3) is 5.95 Å². The van der Waals surface area contributed by atoms with E-state index < -0.39 is 0 Å². The molecule has 4 rings (SSSR count). The minimum absolute atomic E-state index is 0.104. The van der Waals surface area contributed by atoms with Gasteiger partial charge in [0.05, 0.1) is 12.1 Å². The van der Waals surface area contributed by atoms with Gasteiger partial charge in [-0.3, -0.25) is 4.79 Å². The lowest BCUT2D eigenvalue weighted by molar-refractivity contribution is -0.117. The first-order chi connectivity index (χ1) is 12.9. The number of fused-ring (bicyclic) bond motifs is 1. The highest BCUT2D eigenvalue weighted by atomic mass is 16.2. The largest absolute Gasteiger partial charge is 0.312 e. The number of rotatable bonds is 3. The van der Waals surface area contributed by atoms with Crippen molar-refractivity contribution in [1.29, 1.82) is 0 Å². The van der Waals surface area contributed by atoms with E-state index in [-0.39, 0.29) is 5.91 Å². The van der Waals surface area contributed by atoms with Crippen LogP contribution in [0.5, 0.6) is 0 Å². The fourth-order valence-electron chi connectivity index (χ4n) is 3.77. The quantitative estimate of drug-likeness (QED) is 0.719. The predicted molar refractivity (Wildman–Crippen MR) is 104 cm³/mol. The molecule has 2 aromatic heterocycles. The summed E-state index contributed by atoms with van der Waals surface area (Å²) in [6.45, 7) is 8.54. The van der Waals surface area contributed by atoms with Crippen molar-refractivity contribution in [2.24, 2.45) is 0 Å². The number of benzene rings is 1. The smallest absolute Gasteiger partial charge is 0.251 e. The summed E-state index contributed by atoms with van der Waals surface area (Å²) in [5, 5.41) is 4.61. The molecule has 0 atom stereocenters. The number of aromatic nitrogens is 4. The molecule has 0 bridgehead atoms. The van der Waals surface area contributed by atoms with Crippen molar-refractivity contribution in [3.8, 4) is 5.95 Å². The monoisotopic (exact) mass is 361 g/mol. The van der Waals surface area contributed by atoms with Gasteiger partial charge in [0.15, 0.2) is 0 Å². The van der Waals surface area contributed by atoms with Crippen LogP contribution in [0.15, 0.2) is 30.3 Å². The summed E-state index contributed by atoms with van der Waals surface area (Å²) in [5.74, 6) is 0.658. The molecule has 1 aromatic carbocycles. The summed E-state index contributed by atoms with van der Waals surface area (Å²) in [6.07, 6.45) is 1.24. The Labute approximate surface area is 158 Å². The number of carbonyl (C=O) groups is 1. The molecule has 6 heteroatoms. The highest BCUT2D eigenvalue weighted by molar-refractivity contribution is 5.96. The fraction of sp³-hybridized carbons (Fsp3) is 0.333. The third-order valence-electron chi connectivity index (χ3n) is 5.12. The van der Waals surface area contributed by atoms with Gasteiger partial charge in [-0.2, -0.15) is 5.10 Å². The molecule has 27 heavy (non-hydrogen) atoms. The number of hydrogen-bond acceptors (Lipinski definition) is 4. The van der Waals surface area contributed by atoms with Gasteiger partial charge in [0, 0.05) is 34.9 Å². The molecule has 6 nitrogen and oxygen atoms in total. The molecule has 0 aliphatic carbocycles. The zero-order valence-electron chi connectivity index (χ0n) is 16.2. The van der Waals surface area contributed by atoms with Crippen LogP contribution in [0.2, 0.25) is 0 Å². The highest BCUT2D eigenvalue weighted by Crippen LogP contribution is 2.28. The van der Waals surface area contributed by atoms with E-state index in [1.807, 2.05) is 56.9 Å². The fourth-order valence-corrected chi connectivity index (χ4v) is 3.77. The number of para-hydroxylation sites is 1. The van der Waals surface area contributed by atoms with Gasteiger partial charge in [-0.1, -0.05) is 18.2 Å². The van der Waals surface area contributed by atoms with Crippen LogP contribution in [-0.2, 0) is 17.6 Å². The molecular weight excluding hydrogens is 338 g/mol.